The SMILES string of the molecule is C/C=C\C=C/CC.CBr. The van der Waals surface area contributed by atoms with Crippen molar-refractivity contribution in [1.29, 1.82) is 0 Å². The standard InChI is InChI=1S/C7H12.CH3Br/c1-3-5-7-6-4-2;1-2/h3,5-7H,4H2,1-2H3;1H3/b5-3-,7-6-;. The summed E-state index contributed by atoms with van der Waals surface area (Å²) in [6.45, 7) is 4.14. The molecule has 54 valence electrons. The summed E-state index contributed by atoms with van der Waals surface area (Å²) in [6, 6.07) is 0. The van der Waals surface area contributed by atoms with Gasteiger partial charge in [0.1, 0.15) is 0 Å². The first-order chi connectivity index (χ1) is 4.41. The van der Waals surface area contributed by atoms with E-state index in [1.165, 1.54) is 0 Å². The van der Waals surface area contributed by atoms with Gasteiger partial charge in [-0.2, -0.15) is 0 Å². The Hall–Kier alpha value is -0.0400. The summed E-state index contributed by atoms with van der Waals surface area (Å²) in [7, 11) is 0. The average molecular weight is 191 g/mol. The minimum absolute atomic E-state index is 1.13. The van der Waals surface area contributed by atoms with Crippen molar-refractivity contribution in [2.24, 2.45) is 0 Å². The molecule has 0 saturated heterocycles. The van der Waals surface area contributed by atoms with E-state index in [-0.39, 0.29) is 0 Å². The topological polar surface area (TPSA) is 0 Å². The highest BCUT2D eigenvalue weighted by Gasteiger charge is 1.57. The van der Waals surface area contributed by atoms with Crippen LogP contribution >= 0.6 is 15.9 Å². The van der Waals surface area contributed by atoms with Gasteiger partial charge in [0.2, 0.25) is 0 Å². The normalized spacial score (nSPS) is 9.78. The summed E-state index contributed by atoms with van der Waals surface area (Å²) in [6.07, 6.45) is 9.36. The minimum Gasteiger partial charge on any atom is -0.0966 e. The molecule has 0 fully saturated rings. The molecule has 0 atom stereocenters. The summed E-state index contributed by atoms with van der Waals surface area (Å²) in [5.74, 6) is 1.81. The Balaban J connectivity index is 0. The number of rotatable bonds is 2. The molecule has 9 heavy (non-hydrogen) atoms. The summed E-state index contributed by atoms with van der Waals surface area (Å²) < 4.78 is 0. The Morgan fingerprint density at radius 1 is 1.22 bits per heavy atom. The fourth-order valence-electron chi connectivity index (χ4n) is 0.326. The molecular weight excluding hydrogens is 176 g/mol. The van der Waals surface area contributed by atoms with Crippen molar-refractivity contribution >= 4 is 15.9 Å². The van der Waals surface area contributed by atoms with Gasteiger partial charge in [-0.1, -0.05) is 47.2 Å². The van der Waals surface area contributed by atoms with E-state index in [4.69, 9.17) is 0 Å². The van der Waals surface area contributed by atoms with E-state index in [0.29, 0.717) is 0 Å². The highest BCUT2D eigenvalue weighted by Crippen LogP contribution is 1.79. The van der Waals surface area contributed by atoms with Gasteiger partial charge in [0.25, 0.3) is 0 Å². The monoisotopic (exact) mass is 190 g/mol. The maximum atomic E-state index is 2.94. The molecule has 0 aliphatic carbocycles. The van der Waals surface area contributed by atoms with Crippen LogP contribution in [0.1, 0.15) is 20.3 Å². The van der Waals surface area contributed by atoms with Gasteiger partial charge in [0.05, 0.1) is 0 Å². The van der Waals surface area contributed by atoms with E-state index >= 15 is 0 Å². The molecule has 0 amide bonds. The van der Waals surface area contributed by atoms with E-state index in [1.807, 2.05) is 24.9 Å². The van der Waals surface area contributed by atoms with Crippen LogP contribution in [0, 0.1) is 0 Å². The zero-order valence-corrected chi connectivity index (χ0v) is 7.98. The average Bonchev–Trinajstić information content (AvgIpc) is 1.94. The van der Waals surface area contributed by atoms with Crippen LogP contribution in [-0.4, -0.2) is 5.83 Å². The second-order valence-corrected chi connectivity index (χ2v) is 1.36. The second kappa shape index (κ2) is 15.7. The van der Waals surface area contributed by atoms with Gasteiger partial charge in [0, 0.05) is 0 Å². The van der Waals surface area contributed by atoms with E-state index in [0.717, 1.165) is 6.42 Å². The predicted molar refractivity (Wildman–Crippen MR) is 49.1 cm³/mol. The summed E-state index contributed by atoms with van der Waals surface area (Å²) in [5.41, 5.74) is 0. The lowest BCUT2D eigenvalue weighted by Gasteiger charge is -1.70. The molecule has 0 aliphatic rings. The van der Waals surface area contributed by atoms with Gasteiger partial charge in [-0.15, -0.1) is 0 Å². The van der Waals surface area contributed by atoms with Crippen LogP contribution in [0.4, 0.5) is 0 Å². The third-order valence-corrected chi connectivity index (χ3v) is 0.675. The summed E-state index contributed by atoms with van der Waals surface area (Å²) in [4.78, 5) is 0. The van der Waals surface area contributed by atoms with E-state index in [2.05, 4.69) is 35.0 Å². The lowest BCUT2D eigenvalue weighted by molar-refractivity contribution is 1.22. The molecule has 0 heterocycles. The maximum Gasteiger partial charge on any atom is -0.00848 e. The van der Waals surface area contributed by atoms with E-state index < -0.39 is 0 Å². The smallest absolute Gasteiger partial charge is 0.00848 e. The minimum atomic E-state index is 1.13. The summed E-state index contributed by atoms with van der Waals surface area (Å²) >= 11 is 2.94. The Morgan fingerprint density at radius 2 is 1.78 bits per heavy atom. The molecule has 0 nitrogen and oxygen atoms in total. The molecule has 0 rings (SSSR count). The molecule has 0 aromatic heterocycles. The third-order valence-electron chi connectivity index (χ3n) is 0.675. The second-order valence-electron chi connectivity index (χ2n) is 1.36. The number of hydrogen-bond acceptors (Lipinski definition) is 0. The van der Waals surface area contributed by atoms with Crippen LogP contribution in [0.25, 0.3) is 0 Å². The summed E-state index contributed by atoms with van der Waals surface area (Å²) in [5, 5.41) is 0. The van der Waals surface area contributed by atoms with Crippen molar-refractivity contribution < 1.29 is 0 Å². The number of hydrogen-bond donors (Lipinski definition) is 0. The van der Waals surface area contributed by atoms with Gasteiger partial charge in [0.15, 0.2) is 0 Å². The lowest BCUT2D eigenvalue weighted by Crippen LogP contribution is -1.48. The number of alkyl halides is 1. The van der Waals surface area contributed by atoms with Crippen molar-refractivity contribution in [2.75, 3.05) is 5.83 Å². The Bertz CT molecular complexity index is 72.6. The van der Waals surface area contributed by atoms with E-state index in [1.54, 1.807) is 0 Å². The number of allylic oxidation sites excluding steroid dienone is 4. The molecule has 0 aromatic carbocycles. The van der Waals surface area contributed by atoms with Gasteiger partial charge in [-0.3, -0.25) is 0 Å². The Morgan fingerprint density at radius 3 is 2.11 bits per heavy atom. The van der Waals surface area contributed by atoms with E-state index in [9.17, 15) is 0 Å². The van der Waals surface area contributed by atoms with Crippen molar-refractivity contribution in [2.45, 2.75) is 20.3 Å². The number of halogens is 1. The maximum absolute atomic E-state index is 2.94. The quantitative estimate of drug-likeness (QED) is 0.462. The fraction of sp³-hybridized carbons (Fsp3) is 0.500. The molecule has 0 aromatic rings. The molecule has 0 unspecified atom stereocenters. The first-order valence-electron chi connectivity index (χ1n) is 3.07. The predicted octanol–water partition coefficient (Wildman–Crippen LogP) is 3.54. The molecule has 0 N–H and O–H groups in total. The van der Waals surface area contributed by atoms with Crippen LogP contribution in [0.3, 0.4) is 0 Å². The molecule has 1 heteroatoms. The van der Waals surface area contributed by atoms with Crippen LogP contribution in [0.15, 0.2) is 24.3 Å². The largest absolute Gasteiger partial charge is 0.0966 e. The highest BCUT2D eigenvalue weighted by atomic mass is 79.9. The fourth-order valence-corrected chi connectivity index (χ4v) is 0.326. The molecule has 0 bridgehead atoms. The molecule has 0 saturated carbocycles. The zero-order valence-electron chi connectivity index (χ0n) is 6.39. The highest BCUT2D eigenvalue weighted by molar-refractivity contribution is 9.08. The van der Waals surface area contributed by atoms with Crippen molar-refractivity contribution in [3.63, 3.8) is 0 Å². The first kappa shape index (κ1) is 11.7. The molecule has 0 aliphatic heterocycles. The lowest BCUT2D eigenvalue weighted by atomic mass is 10.4. The molecular formula is C8H15Br. The third kappa shape index (κ3) is 18.0. The molecule has 0 spiro atoms. The van der Waals surface area contributed by atoms with Crippen molar-refractivity contribution in [1.82, 2.24) is 0 Å². The van der Waals surface area contributed by atoms with Crippen LogP contribution in [0.5, 0.6) is 0 Å². The Labute approximate surface area is 66.8 Å². The van der Waals surface area contributed by atoms with Crippen molar-refractivity contribution in [3.05, 3.63) is 24.3 Å². The van der Waals surface area contributed by atoms with Crippen LogP contribution in [0.2, 0.25) is 0 Å². The Kier molecular flexibility index (Phi) is 20.4. The van der Waals surface area contributed by atoms with Gasteiger partial charge in [-0.05, 0) is 19.2 Å². The van der Waals surface area contributed by atoms with Gasteiger partial charge >= 0.3 is 0 Å². The van der Waals surface area contributed by atoms with Gasteiger partial charge in [-0.25, -0.2) is 0 Å². The zero-order chi connectivity index (χ0) is 7.54. The van der Waals surface area contributed by atoms with Crippen LogP contribution in [-0.2, 0) is 0 Å². The van der Waals surface area contributed by atoms with Gasteiger partial charge < -0.3 is 0 Å². The van der Waals surface area contributed by atoms with Crippen molar-refractivity contribution in [3.8, 4) is 0 Å². The first-order valence-corrected chi connectivity index (χ1v) is 4.66. The van der Waals surface area contributed by atoms with Crippen LogP contribution < -0.4 is 0 Å². The molecule has 0 radical (unpaired) electrons.